The number of piperazine rings is 1. The van der Waals surface area contributed by atoms with E-state index in [2.05, 4.69) is 0 Å². The van der Waals surface area contributed by atoms with Crippen LogP contribution in [-0.4, -0.2) is 49.7 Å². The zero-order valence-electron chi connectivity index (χ0n) is 13.6. The highest BCUT2D eigenvalue weighted by atomic mass is 35.5. The van der Waals surface area contributed by atoms with Crippen LogP contribution in [0.5, 0.6) is 0 Å². The number of sulfonamides is 1. The van der Waals surface area contributed by atoms with Gasteiger partial charge in [-0.1, -0.05) is 31.0 Å². The summed E-state index contributed by atoms with van der Waals surface area (Å²) in [6, 6.07) is 4.78. The fraction of sp³-hybridized carbons (Fsp3) is 0.562. The summed E-state index contributed by atoms with van der Waals surface area (Å²) in [6.07, 6.45) is 2.39. The second-order valence-corrected chi connectivity index (χ2v) is 8.14. The molecule has 1 fully saturated rings. The molecule has 0 bridgehead atoms. The molecule has 0 N–H and O–H groups in total. The van der Waals surface area contributed by atoms with Crippen LogP contribution in [0, 0.1) is 6.92 Å². The number of benzene rings is 1. The van der Waals surface area contributed by atoms with Crippen molar-refractivity contribution in [2.24, 2.45) is 0 Å². The Hall–Kier alpha value is -1.11. The Labute approximate surface area is 143 Å². The predicted molar refractivity (Wildman–Crippen MR) is 91.1 cm³/mol. The van der Waals surface area contributed by atoms with E-state index in [1.54, 1.807) is 17.0 Å². The van der Waals surface area contributed by atoms with Crippen LogP contribution >= 0.6 is 11.6 Å². The van der Waals surface area contributed by atoms with E-state index < -0.39 is 10.0 Å². The van der Waals surface area contributed by atoms with Crippen LogP contribution in [0.25, 0.3) is 0 Å². The zero-order chi connectivity index (χ0) is 17.0. The Morgan fingerprint density at radius 1 is 1.22 bits per heavy atom. The molecule has 7 heteroatoms. The number of unbranched alkanes of at least 4 members (excludes halogenated alkanes) is 1. The Morgan fingerprint density at radius 3 is 2.43 bits per heavy atom. The first-order valence-electron chi connectivity index (χ1n) is 7.90. The van der Waals surface area contributed by atoms with Gasteiger partial charge in [0.1, 0.15) is 0 Å². The second-order valence-electron chi connectivity index (χ2n) is 5.80. The molecule has 1 aliphatic heterocycles. The maximum Gasteiger partial charge on any atom is 0.243 e. The lowest BCUT2D eigenvalue weighted by Gasteiger charge is -2.34. The summed E-state index contributed by atoms with van der Waals surface area (Å²) in [5.74, 6) is 0.113. The van der Waals surface area contributed by atoms with Crippen molar-refractivity contribution in [2.75, 3.05) is 26.2 Å². The van der Waals surface area contributed by atoms with Crippen LogP contribution in [-0.2, 0) is 14.8 Å². The Balaban J connectivity index is 2.03. The predicted octanol–water partition coefficient (Wildman–Crippen LogP) is 2.67. The van der Waals surface area contributed by atoms with E-state index in [-0.39, 0.29) is 10.8 Å². The van der Waals surface area contributed by atoms with Gasteiger partial charge in [0.15, 0.2) is 0 Å². The average molecular weight is 359 g/mol. The van der Waals surface area contributed by atoms with E-state index in [1.807, 2.05) is 13.8 Å². The fourth-order valence-electron chi connectivity index (χ4n) is 2.55. The number of hydrogen-bond acceptors (Lipinski definition) is 3. The first-order valence-corrected chi connectivity index (χ1v) is 9.72. The quantitative estimate of drug-likeness (QED) is 0.813. The molecule has 0 saturated carbocycles. The molecular formula is C16H23ClN2O3S. The Kier molecular flexibility index (Phi) is 6.06. The van der Waals surface area contributed by atoms with Crippen molar-refractivity contribution < 1.29 is 13.2 Å². The molecule has 23 heavy (non-hydrogen) atoms. The minimum absolute atomic E-state index is 0.113. The molecule has 1 aromatic carbocycles. The molecule has 1 aromatic rings. The summed E-state index contributed by atoms with van der Waals surface area (Å²) >= 11 is 6.04. The van der Waals surface area contributed by atoms with E-state index in [0.29, 0.717) is 37.6 Å². The lowest BCUT2D eigenvalue weighted by atomic mass is 10.2. The standard InChI is InChI=1S/C16H23ClN2O3S/c1-3-4-5-16(20)18-8-10-19(11-9-18)23(21,22)14-7-6-13(2)15(17)12-14/h6-7,12H,3-5,8-11H2,1-2H3. The maximum absolute atomic E-state index is 12.7. The van der Waals surface area contributed by atoms with Gasteiger partial charge in [-0.05, 0) is 31.0 Å². The van der Waals surface area contributed by atoms with Gasteiger partial charge in [0, 0.05) is 37.6 Å². The van der Waals surface area contributed by atoms with Crippen LogP contribution in [0.1, 0.15) is 31.7 Å². The van der Waals surface area contributed by atoms with E-state index in [1.165, 1.54) is 10.4 Å². The molecule has 1 heterocycles. The minimum Gasteiger partial charge on any atom is -0.340 e. The molecular weight excluding hydrogens is 336 g/mol. The molecule has 0 aromatic heterocycles. The average Bonchev–Trinajstić information content (AvgIpc) is 2.55. The lowest BCUT2D eigenvalue weighted by molar-refractivity contribution is -0.132. The van der Waals surface area contributed by atoms with Crippen molar-refractivity contribution in [1.29, 1.82) is 0 Å². The highest BCUT2D eigenvalue weighted by molar-refractivity contribution is 7.89. The van der Waals surface area contributed by atoms with Gasteiger partial charge in [-0.2, -0.15) is 4.31 Å². The second kappa shape index (κ2) is 7.64. The number of halogens is 1. The third kappa shape index (κ3) is 4.25. The summed E-state index contributed by atoms with van der Waals surface area (Å²) < 4.78 is 26.8. The topological polar surface area (TPSA) is 57.7 Å². The molecule has 0 unspecified atom stereocenters. The maximum atomic E-state index is 12.7. The number of carbonyl (C=O) groups excluding carboxylic acids is 1. The number of hydrogen-bond donors (Lipinski definition) is 0. The molecule has 0 aliphatic carbocycles. The van der Waals surface area contributed by atoms with Crippen molar-refractivity contribution >= 4 is 27.5 Å². The summed E-state index contributed by atoms with van der Waals surface area (Å²) in [7, 11) is -3.56. The monoisotopic (exact) mass is 358 g/mol. The molecule has 0 spiro atoms. The molecule has 0 radical (unpaired) electrons. The van der Waals surface area contributed by atoms with Gasteiger partial charge in [-0.15, -0.1) is 0 Å². The van der Waals surface area contributed by atoms with Crippen molar-refractivity contribution in [3.8, 4) is 0 Å². The number of rotatable bonds is 5. The van der Waals surface area contributed by atoms with E-state index in [4.69, 9.17) is 11.6 Å². The summed E-state index contributed by atoms with van der Waals surface area (Å²) in [5, 5.41) is 0.444. The molecule has 128 valence electrons. The summed E-state index contributed by atoms with van der Waals surface area (Å²) in [6.45, 7) is 5.42. The third-order valence-corrected chi connectivity index (χ3v) is 6.42. The van der Waals surface area contributed by atoms with E-state index >= 15 is 0 Å². The van der Waals surface area contributed by atoms with Gasteiger partial charge in [0.05, 0.1) is 4.90 Å². The largest absolute Gasteiger partial charge is 0.340 e. The first-order chi connectivity index (χ1) is 10.9. The van der Waals surface area contributed by atoms with Crippen LogP contribution < -0.4 is 0 Å². The van der Waals surface area contributed by atoms with Gasteiger partial charge >= 0.3 is 0 Å². The van der Waals surface area contributed by atoms with Gasteiger partial charge in [0.2, 0.25) is 15.9 Å². The van der Waals surface area contributed by atoms with Gasteiger partial charge < -0.3 is 4.90 Å². The molecule has 2 rings (SSSR count). The Morgan fingerprint density at radius 2 is 1.87 bits per heavy atom. The first kappa shape index (κ1) is 18.2. The fourth-order valence-corrected chi connectivity index (χ4v) is 4.24. The number of carbonyl (C=O) groups is 1. The number of amides is 1. The van der Waals surface area contributed by atoms with Crippen molar-refractivity contribution in [3.05, 3.63) is 28.8 Å². The minimum atomic E-state index is -3.56. The lowest BCUT2D eigenvalue weighted by Crippen LogP contribution is -2.50. The van der Waals surface area contributed by atoms with Gasteiger partial charge in [0.25, 0.3) is 0 Å². The summed E-state index contributed by atoms with van der Waals surface area (Å²) in [4.78, 5) is 14.0. The number of aryl methyl sites for hydroxylation is 1. The summed E-state index contributed by atoms with van der Waals surface area (Å²) in [5.41, 5.74) is 0.844. The van der Waals surface area contributed by atoms with Crippen LogP contribution in [0.2, 0.25) is 5.02 Å². The molecule has 1 saturated heterocycles. The molecule has 1 amide bonds. The van der Waals surface area contributed by atoms with E-state index in [9.17, 15) is 13.2 Å². The highest BCUT2D eigenvalue weighted by Crippen LogP contribution is 2.23. The highest BCUT2D eigenvalue weighted by Gasteiger charge is 2.30. The van der Waals surface area contributed by atoms with Crippen LogP contribution in [0.4, 0.5) is 0 Å². The van der Waals surface area contributed by atoms with Gasteiger partial charge in [-0.25, -0.2) is 8.42 Å². The van der Waals surface area contributed by atoms with Crippen LogP contribution in [0.15, 0.2) is 23.1 Å². The molecule has 5 nitrogen and oxygen atoms in total. The smallest absolute Gasteiger partial charge is 0.243 e. The SMILES string of the molecule is CCCCC(=O)N1CCN(S(=O)(=O)c2ccc(C)c(Cl)c2)CC1. The third-order valence-electron chi connectivity index (χ3n) is 4.12. The molecule has 0 atom stereocenters. The van der Waals surface area contributed by atoms with Crippen molar-refractivity contribution in [2.45, 2.75) is 38.0 Å². The molecule has 1 aliphatic rings. The zero-order valence-corrected chi connectivity index (χ0v) is 15.2. The van der Waals surface area contributed by atoms with Gasteiger partial charge in [-0.3, -0.25) is 4.79 Å². The normalized spacial score (nSPS) is 16.6. The van der Waals surface area contributed by atoms with Crippen molar-refractivity contribution in [3.63, 3.8) is 0 Å². The van der Waals surface area contributed by atoms with Crippen LogP contribution in [0.3, 0.4) is 0 Å². The van der Waals surface area contributed by atoms with Crippen molar-refractivity contribution in [1.82, 2.24) is 9.21 Å². The Bertz CT molecular complexity index is 668. The number of nitrogens with zero attached hydrogens (tertiary/aromatic N) is 2. The van der Waals surface area contributed by atoms with E-state index in [0.717, 1.165) is 18.4 Å².